The van der Waals surface area contributed by atoms with Gasteiger partial charge in [0.15, 0.2) is 0 Å². The lowest BCUT2D eigenvalue weighted by molar-refractivity contribution is -0.121. The molecule has 0 bridgehead atoms. The van der Waals surface area contributed by atoms with Crippen LogP contribution < -0.4 is 5.32 Å². The minimum atomic E-state index is -0.275. The van der Waals surface area contributed by atoms with Gasteiger partial charge in [-0.25, -0.2) is 4.39 Å². The van der Waals surface area contributed by atoms with Crippen molar-refractivity contribution in [2.24, 2.45) is 5.92 Å². The number of halogens is 1. The van der Waals surface area contributed by atoms with Crippen LogP contribution in [0.1, 0.15) is 43.0 Å². The van der Waals surface area contributed by atoms with Crippen LogP contribution in [0, 0.1) is 11.7 Å². The fraction of sp³-hybridized carbons (Fsp3) is 0.412. The molecule has 22 heavy (non-hydrogen) atoms. The van der Waals surface area contributed by atoms with Gasteiger partial charge in [0.2, 0.25) is 5.91 Å². The lowest BCUT2D eigenvalue weighted by Gasteiger charge is -2.25. The van der Waals surface area contributed by atoms with E-state index in [1.807, 2.05) is 6.07 Å². The highest BCUT2D eigenvalue weighted by atomic mass is 19.1. The molecule has 116 valence electrons. The summed E-state index contributed by atoms with van der Waals surface area (Å²) in [4.78, 5) is 12.2. The van der Waals surface area contributed by atoms with Crippen molar-refractivity contribution in [1.29, 1.82) is 0 Å². The van der Waals surface area contributed by atoms with E-state index >= 15 is 0 Å². The van der Waals surface area contributed by atoms with Crippen LogP contribution in [0.2, 0.25) is 0 Å². The first-order chi connectivity index (χ1) is 10.7. The van der Waals surface area contributed by atoms with Crippen molar-refractivity contribution in [1.82, 2.24) is 10.5 Å². The van der Waals surface area contributed by atoms with Gasteiger partial charge in [0, 0.05) is 11.6 Å². The summed E-state index contributed by atoms with van der Waals surface area (Å²) in [5, 5.41) is 6.74. The van der Waals surface area contributed by atoms with Gasteiger partial charge in [0.05, 0.1) is 18.2 Å². The van der Waals surface area contributed by atoms with E-state index in [0.717, 1.165) is 25.7 Å². The monoisotopic (exact) mass is 302 g/mol. The van der Waals surface area contributed by atoms with E-state index in [-0.39, 0.29) is 30.1 Å². The second-order valence-corrected chi connectivity index (χ2v) is 5.78. The van der Waals surface area contributed by atoms with E-state index in [2.05, 4.69) is 10.5 Å². The third-order valence-electron chi connectivity index (χ3n) is 4.26. The van der Waals surface area contributed by atoms with Gasteiger partial charge in [-0.05, 0) is 24.8 Å². The summed E-state index contributed by atoms with van der Waals surface area (Å²) in [6, 6.07) is 8.07. The molecule has 5 heteroatoms. The smallest absolute Gasteiger partial charge is 0.226 e. The topological polar surface area (TPSA) is 55.1 Å². The van der Waals surface area contributed by atoms with Crippen LogP contribution in [0.25, 0.3) is 0 Å². The van der Waals surface area contributed by atoms with Crippen molar-refractivity contribution in [3.05, 3.63) is 53.7 Å². The summed E-state index contributed by atoms with van der Waals surface area (Å²) >= 11 is 0. The van der Waals surface area contributed by atoms with Crippen molar-refractivity contribution < 1.29 is 13.7 Å². The Balaban J connectivity index is 1.76. The van der Waals surface area contributed by atoms with Crippen LogP contribution in [0.3, 0.4) is 0 Å². The summed E-state index contributed by atoms with van der Waals surface area (Å²) in [7, 11) is 0. The largest absolute Gasteiger partial charge is 0.364 e. The number of amides is 1. The fourth-order valence-corrected chi connectivity index (χ4v) is 3.19. The molecule has 1 amide bonds. The third kappa shape index (κ3) is 3.35. The number of nitrogens with zero attached hydrogens (tertiary/aromatic N) is 1. The average Bonchev–Trinajstić information content (AvgIpc) is 3.19. The highest BCUT2D eigenvalue weighted by Gasteiger charge is 2.29. The van der Waals surface area contributed by atoms with Crippen molar-refractivity contribution in [3.8, 4) is 0 Å². The first-order valence-corrected chi connectivity index (χ1v) is 7.67. The molecule has 1 aliphatic rings. The summed E-state index contributed by atoms with van der Waals surface area (Å²) in [6.45, 7) is 0. The molecule has 2 aromatic rings. The van der Waals surface area contributed by atoms with Gasteiger partial charge in [-0.1, -0.05) is 36.2 Å². The van der Waals surface area contributed by atoms with Gasteiger partial charge in [-0.3, -0.25) is 4.79 Å². The lowest BCUT2D eigenvalue weighted by Crippen LogP contribution is -2.34. The molecule has 3 rings (SSSR count). The van der Waals surface area contributed by atoms with Crippen LogP contribution in [-0.2, 0) is 11.2 Å². The number of nitrogens with one attached hydrogen (secondary N) is 1. The van der Waals surface area contributed by atoms with Crippen LogP contribution in [-0.4, -0.2) is 11.1 Å². The number of aromatic nitrogens is 1. The molecule has 1 atom stereocenters. The van der Waals surface area contributed by atoms with E-state index < -0.39 is 0 Å². The predicted octanol–water partition coefficient (Wildman–Crippen LogP) is 3.40. The molecule has 0 spiro atoms. The summed E-state index contributed by atoms with van der Waals surface area (Å²) in [5.74, 6) is -0.131. The van der Waals surface area contributed by atoms with Crippen LogP contribution in [0.4, 0.5) is 4.39 Å². The van der Waals surface area contributed by atoms with E-state index in [0.29, 0.717) is 11.3 Å². The molecule has 1 aromatic carbocycles. The Bertz CT molecular complexity index is 621. The number of hydrogen-bond acceptors (Lipinski definition) is 3. The Morgan fingerprint density at radius 1 is 1.32 bits per heavy atom. The first kappa shape index (κ1) is 14.8. The maximum absolute atomic E-state index is 14.1. The van der Waals surface area contributed by atoms with Gasteiger partial charge in [0.1, 0.15) is 12.1 Å². The third-order valence-corrected chi connectivity index (χ3v) is 4.26. The molecule has 0 aliphatic heterocycles. The highest BCUT2D eigenvalue weighted by Crippen LogP contribution is 2.36. The number of hydrogen-bond donors (Lipinski definition) is 1. The Labute approximate surface area is 128 Å². The average molecular weight is 302 g/mol. The fourth-order valence-electron chi connectivity index (χ4n) is 3.19. The molecule has 1 heterocycles. The Kier molecular flexibility index (Phi) is 4.51. The van der Waals surface area contributed by atoms with Crippen LogP contribution >= 0.6 is 0 Å². The summed E-state index contributed by atoms with van der Waals surface area (Å²) in [6.07, 6.45) is 5.89. The Morgan fingerprint density at radius 3 is 2.77 bits per heavy atom. The first-order valence-electron chi connectivity index (χ1n) is 7.67. The van der Waals surface area contributed by atoms with Crippen molar-refractivity contribution >= 4 is 5.91 Å². The lowest BCUT2D eigenvalue weighted by atomic mass is 9.91. The molecular weight excluding hydrogens is 283 g/mol. The van der Waals surface area contributed by atoms with Crippen molar-refractivity contribution in [2.75, 3.05) is 0 Å². The molecule has 1 aliphatic carbocycles. The molecule has 0 unspecified atom stereocenters. The van der Waals surface area contributed by atoms with E-state index in [4.69, 9.17) is 4.52 Å². The summed E-state index contributed by atoms with van der Waals surface area (Å²) < 4.78 is 18.9. The van der Waals surface area contributed by atoms with Gasteiger partial charge < -0.3 is 9.84 Å². The highest BCUT2D eigenvalue weighted by molar-refractivity contribution is 5.78. The summed E-state index contributed by atoms with van der Waals surface area (Å²) in [5.41, 5.74) is 1.15. The molecule has 0 radical (unpaired) electrons. The molecule has 0 saturated heterocycles. The van der Waals surface area contributed by atoms with Crippen LogP contribution in [0.15, 0.2) is 41.1 Å². The molecule has 1 saturated carbocycles. The zero-order valence-electron chi connectivity index (χ0n) is 12.3. The van der Waals surface area contributed by atoms with E-state index in [1.54, 1.807) is 18.2 Å². The molecule has 1 aromatic heterocycles. The Morgan fingerprint density at radius 2 is 2.09 bits per heavy atom. The Hall–Kier alpha value is -2.17. The van der Waals surface area contributed by atoms with Crippen molar-refractivity contribution in [3.63, 3.8) is 0 Å². The maximum atomic E-state index is 14.1. The van der Waals surface area contributed by atoms with Gasteiger partial charge >= 0.3 is 0 Å². The zero-order chi connectivity index (χ0) is 15.4. The second kappa shape index (κ2) is 6.73. The number of rotatable bonds is 5. The van der Waals surface area contributed by atoms with Crippen molar-refractivity contribution in [2.45, 2.75) is 38.1 Å². The number of benzene rings is 1. The molecule has 4 nitrogen and oxygen atoms in total. The maximum Gasteiger partial charge on any atom is 0.226 e. The molecular formula is C17H19FN2O2. The van der Waals surface area contributed by atoms with Gasteiger partial charge in [0.25, 0.3) is 0 Å². The van der Waals surface area contributed by atoms with E-state index in [1.165, 1.54) is 12.3 Å². The normalized spacial score (nSPS) is 16.6. The molecule has 1 fully saturated rings. The number of carbonyl (C=O) groups excluding carboxylic acids is 1. The minimum absolute atomic E-state index is 0.147. The zero-order valence-corrected chi connectivity index (χ0v) is 12.3. The molecule has 1 N–H and O–H groups in total. The van der Waals surface area contributed by atoms with Gasteiger partial charge in [-0.2, -0.15) is 0 Å². The predicted molar refractivity (Wildman–Crippen MR) is 79.4 cm³/mol. The quantitative estimate of drug-likeness (QED) is 0.921. The second-order valence-electron chi connectivity index (χ2n) is 5.78. The van der Waals surface area contributed by atoms with Gasteiger partial charge in [-0.15, -0.1) is 0 Å². The van der Waals surface area contributed by atoms with E-state index in [9.17, 15) is 9.18 Å². The minimum Gasteiger partial charge on any atom is -0.364 e. The SMILES string of the molecule is O=C(Cc1ccon1)N[C@H](c1ccccc1F)C1CCCC1. The number of carbonyl (C=O) groups is 1. The standard InChI is InChI=1S/C17H19FN2O2/c18-15-8-4-3-7-14(15)17(12-5-1-2-6-12)19-16(21)11-13-9-10-22-20-13/h3-4,7-10,12,17H,1-2,5-6,11H2,(H,19,21)/t17-/m0/s1. The van der Waals surface area contributed by atoms with Crippen LogP contribution in [0.5, 0.6) is 0 Å².